The summed E-state index contributed by atoms with van der Waals surface area (Å²) in [6.07, 6.45) is 6.68. The van der Waals surface area contributed by atoms with Crippen LogP contribution in [-0.4, -0.2) is 22.8 Å². The molecule has 0 aliphatic carbocycles. The zero-order chi connectivity index (χ0) is 14.1. The van der Waals surface area contributed by atoms with Gasteiger partial charge in [0, 0.05) is 22.0 Å². The molecule has 19 heavy (non-hydrogen) atoms. The maximum atomic E-state index is 4.48. The largest absolute Gasteiger partial charge is 0.313 e. The molecule has 2 unspecified atom stereocenters. The molecule has 0 aliphatic rings. The Bertz CT molecular complexity index is 360. The average Bonchev–Trinajstić information content (AvgIpc) is 2.43. The van der Waals surface area contributed by atoms with Crippen LogP contribution in [0.15, 0.2) is 27.8 Å². The summed E-state index contributed by atoms with van der Waals surface area (Å²) in [6.45, 7) is 7.85. The fourth-order valence-corrected chi connectivity index (χ4v) is 3.80. The van der Waals surface area contributed by atoms with Crippen molar-refractivity contribution in [2.24, 2.45) is 0 Å². The van der Waals surface area contributed by atoms with Gasteiger partial charge in [-0.1, -0.05) is 27.2 Å². The number of pyridine rings is 1. The van der Waals surface area contributed by atoms with Gasteiger partial charge in [-0.25, -0.2) is 4.98 Å². The van der Waals surface area contributed by atoms with Crippen LogP contribution in [-0.2, 0) is 0 Å². The fraction of sp³-hybridized carbons (Fsp3) is 0.667. The molecule has 4 heteroatoms. The van der Waals surface area contributed by atoms with Crippen molar-refractivity contribution in [3.63, 3.8) is 0 Å². The molecule has 1 aromatic heterocycles. The van der Waals surface area contributed by atoms with Crippen molar-refractivity contribution in [2.75, 3.05) is 6.54 Å². The summed E-state index contributed by atoms with van der Waals surface area (Å²) in [7, 11) is 0. The van der Waals surface area contributed by atoms with Crippen LogP contribution < -0.4 is 5.32 Å². The van der Waals surface area contributed by atoms with E-state index in [0.717, 1.165) is 22.5 Å². The van der Waals surface area contributed by atoms with Gasteiger partial charge in [0.15, 0.2) is 0 Å². The number of nitrogens with zero attached hydrogens (tertiary/aromatic N) is 1. The van der Waals surface area contributed by atoms with E-state index in [2.05, 4.69) is 53.1 Å². The molecule has 0 amide bonds. The van der Waals surface area contributed by atoms with Crippen molar-refractivity contribution in [3.05, 3.63) is 22.8 Å². The Hall–Kier alpha value is -0.0600. The van der Waals surface area contributed by atoms with E-state index in [-0.39, 0.29) is 0 Å². The number of thioether (sulfide) groups is 1. The lowest BCUT2D eigenvalue weighted by Crippen LogP contribution is -2.38. The highest BCUT2D eigenvalue weighted by Gasteiger charge is 2.21. The third-order valence-corrected chi connectivity index (χ3v) is 5.51. The molecule has 1 N–H and O–H groups in total. The minimum Gasteiger partial charge on any atom is -0.313 e. The highest BCUT2D eigenvalue weighted by atomic mass is 79.9. The standard InChI is InChI=1S/C15H25BrN2S/c1-4-8-13(17-10-5-2)14(6-3)19-15-12(16)9-7-11-18-15/h7,9,11,13-14,17H,4-6,8,10H2,1-3H3. The topological polar surface area (TPSA) is 24.9 Å². The summed E-state index contributed by atoms with van der Waals surface area (Å²) in [5.74, 6) is 0. The molecule has 108 valence electrons. The summed E-state index contributed by atoms with van der Waals surface area (Å²) < 4.78 is 1.10. The van der Waals surface area contributed by atoms with Crippen molar-refractivity contribution < 1.29 is 0 Å². The molecular weight excluding hydrogens is 320 g/mol. The number of aromatic nitrogens is 1. The molecule has 0 fully saturated rings. The van der Waals surface area contributed by atoms with E-state index in [1.165, 1.54) is 19.3 Å². The van der Waals surface area contributed by atoms with Gasteiger partial charge in [-0.05, 0) is 53.9 Å². The van der Waals surface area contributed by atoms with E-state index in [9.17, 15) is 0 Å². The van der Waals surface area contributed by atoms with Gasteiger partial charge in [-0.3, -0.25) is 0 Å². The minimum atomic E-state index is 0.578. The first kappa shape index (κ1) is 17.0. The molecule has 0 saturated carbocycles. The SMILES string of the molecule is CCCNC(CCC)C(CC)Sc1ncccc1Br. The molecule has 1 aromatic rings. The van der Waals surface area contributed by atoms with Crippen LogP contribution in [0, 0.1) is 0 Å². The number of halogens is 1. The first-order chi connectivity index (χ1) is 9.22. The highest BCUT2D eigenvalue weighted by Crippen LogP contribution is 2.32. The molecule has 2 atom stereocenters. The van der Waals surface area contributed by atoms with E-state index in [4.69, 9.17) is 0 Å². The van der Waals surface area contributed by atoms with Gasteiger partial charge < -0.3 is 5.32 Å². The van der Waals surface area contributed by atoms with E-state index >= 15 is 0 Å². The summed E-state index contributed by atoms with van der Waals surface area (Å²) in [4.78, 5) is 4.48. The van der Waals surface area contributed by atoms with Crippen LogP contribution in [0.5, 0.6) is 0 Å². The number of rotatable bonds is 9. The maximum Gasteiger partial charge on any atom is 0.110 e. The molecule has 0 saturated heterocycles. The Labute approximate surface area is 130 Å². The van der Waals surface area contributed by atoms with Crippen molar-refractivity contribution in [1.82, 2.24) is 10.3 Å². The lowest BCUT2D eigenvalue weighted by molar-refractivity contribution is 0.454. The predicted octanol–water partition coefficient (Wildman–Crippen LogP) is 4.88. The van der Waals surface area contributed by atoms with Crippen LogP contribution >= 0.6 is 27.7 Å². The van der Waals surface area contributed by atoms with Crippen molar-refractivity contribution in [1.29, 1.82) is 0 Å². The Kier molecular flexibility index (Phi) is 8.75. The Morgan fingerprint density at radius 3 is 2.68 bits per heavy atom. The second-order valence-corrected chi connectivity index (χ2v) is 6.79. The molecule has 0 aliphatic heterocycles. The summed E-state index contributed by atoms with van der Waals surface area (Å²) >= 11 is 5.48. The average molecular weight is 345 g/mol. The smallest absolute Gasteiger partial charge is 0.110 e. The third kappa shape index (κ3) is 5.84. The molecule has 0 radical (unpaired) electrons. The van der Waals surface area contributed by atoms with Crippen LogP contribution in [0.4, 0.5) is 0 Å². The van der Waals surface area contributed by atoms with E-state index in [1.807, 2.05) is 24.0 Å². The van der Waals surface area contributed by atoms with E-state index in [0.29, 0.717) is 11.3 Å². The van der Waals surface area contributed by atoms with Gasteiger partial charge in [-0.2, -0.15) is 0 Å². The summed E-state index contributed by atoms with van der Waals surface area (Å²) in [5.41, 5.74) is 0. The molecule has 1 heterocycles. The van der Waals surface area contributed by atoms with Crippen LogP contribution in [0.3, 0.4) is 0 Å². The van der Waals surface area contributed by atoms with Gasteiger partial charge in [0.2, 0.25) is 0 Å². The van der Waals surface area contributed by atoms with Gasteiger partial charge in [0.1, 0.15) is 5.03 Å². The van der Waals surface area contributed by atoms with E-state index < -0.39 is 0 Å². The lowest BCUT2D eigenvalue weighted by atomic mass is 10.1. The predicted molar refractivity (Wildman–Crippen MR) is 88.9 cm³/mol. The van der Waals surface area contributed by atoms with Gasteiger partial charge in [0.05, 0.1) is 0 Å². The zero-order valence-electron chi connectivity index (χ0n) is 12.2. The van der Waals surface area contributed by atoms with Crippen molar-refractivity contribution >= 4 is 27.7 Å². The second kappa shape index (κ2) is 9.78. The Balaban J connectivity index is 2.70. The van der Waals surface area contributed by atoms with Crippen molar-refractivity contribution in [2.45, 2.75) is 62.8 Å². The highest BCUT2D eigenvalue weighted by molar-refractivity contribution is 9.10. The van der Waals surface area contributed by atoms with Crippen LogP contribution in [0.1, 0.15) is 46.5 Å². The molecular formula is C15H25BrN2S. The number of hydrogen-bond donors (Lipinski definition) is 1. The van der Waals surface area contributed by atoms with Crippen LogP contribution in [0.2, 0.25) is 0 Å². The molecule has 2 nitrogen and oxygen atoms in total. The number of hydrogen-bond acceptors (Lipinski definition) is 3. The maximum absolute atomic E-state index is 4.48. The molecule has 0 spiro atoms. The Morgan fingerprint density at radius 2 is 2.11 bits per heavy atom. The quantitative estimate of drug-likeness (QED) is 0.646. The summed E-state index contributed by atoms with van der Waals surface area (Å²) in [6, 6.07) is 4.61. The summed E-state index contributed by atoms with van der Waals surface area (Å²) in [5, 5.41) is 5.38. The fourth-order valence-electron chi connectivity index (χ4n) is 2.11. The minimum absolute atomic E-state index is 0.578. The third-order valence-electron chi connectivity index (χ3n) is 3.10. The normalized spacial score (nSPS) is 14.3. The monoisotopic (exact) mass is 344 g/mol. The van der Waals surface area contributed by atoms with E-state index in [1.54, 1.807) is 0 Å². The zero-order valence-corrected chi connectivity index (χ0v) is 14.6. The first-order valence-electron chi connectivity index (χ1n) is 7.23. The second-order valence-electron chi connectivity index (χ2n) is 4.70. The van der Waals surface area contributed by atoms with Gasteiger partial charge in [-0.15, -0.1) is 11.8 Å². The molecule has 1 rings (SSSR count). The van der Waals surface area contributed by atoms with Gasteiger partial charge >= 0.3 is 0 Å². The molecule has 0 aromatic carbocycles. The Morgan fingerprint density at radius 1 is 1.32 bits per heavy atom. The number of nitrogens with one attached hydrogen (secondary N) is 1. The van der Waals surface area contributed by atoms with Gasteiger partial charge in [0.25, 0.3) is 0 Å². The van der Waals surface area contributed by atoms with Crippen LogP contribution in [0.25, 0.3) is 0 Å². The molecule has 0 bridgehead atoms. The first-order valence-corrected chi connectivity index (χ1v) is 8.90. The van der Waals surface area contributed by atoms with Crippen molar-refractivity contribution in [3.8, 4) is 0 Å². The lowest BCUT2D eigenvalue weighted by Gasteiger charge is -2.26.